The third-order valence-corrected chi connectivity index (χ3v) is 8.58. The predicted molar refractivity (Wildman–Crippen MR) is 226 cm³/mol. The number of carbonyl (C=O) groups excluding carboxylic acids is 1. The summed E-state index contributed by atoms with van der Waals surface area (Å²) in [6.45, 7) is 10.8. The Morgan fingerprint density at radius 3 is 1.62 bits per heavy atom. The molecule has 2 N–H and O–H groups in total. The van der Waals surface area contributed by atoms with E-state index in [2.05, 4.69) is 55.2 Å². The molecule has 6 aromatic heterocycles. The number of nitrogens with one attached hydrogen (secondary N) is 1. The summed E-state index contributed by atoms with van der Waals surface area (Å²) in [7, 11) is 0. The van der Waals surface area contributed by atoms with Crippen molar-refractivity contribution in [1.29, 1.82) is 0 Å². The van der Waals surface area contributed by atoms with Crippen LogP contribution in [0.15, 0.2) is 73.1 Å². The van der Waals surface area contributed by atoms with E-state index >= 15 is 0 Å². The Labute approximate surface area is 366 Å². The van der Waals surface area contributed by atoms with Crippen LogP contribution >= 0.6 is 0 Å². The number of nitrogens with zero attached hydrogens (tertiary/aromatic N) is 11. The number of aryl methyl sites for hydroxylation is 2. The van der Waals surface area contributed by atoms with Crippen molar-refractivity contribution in [2.75, 3.05) is 23.3 Å². The van der Waals surface area contributed by atoms with Crippen molar-refractivity contribution < 1.29 is 41.0 Å². The molecule has 1 saturated heterocycles. The Bertz CT molecular complexity index is 2570. The molecule has 15 nitrogen and oxygen atoms in total. The van der Waals surface area contributed by atoms with Crippen LogP contribution in [-0.4, -0.2) is 85.3 Å². The largest absolute Gasteiger partial charge is 0.441 e. The number of hydrogen-bond donors (Lipinski definition) is 2. The molecule has 7 heterocycles. The van der Waals surface area contributed by atoms with Crippen molar-refractivity contribution in [2.45, 2.75) is 92.8 Å². The maximum atomic E-state index is 13.0. The summed E-state index contributed by atoms with van der Waals surface area (Å²) >= 11 is 0. The molecule has 0 spiro atoms. The van der Waals surface area contributed by atoms with E-state index in [1.54, 1.807) is 45.9 Å². The number of aromatic nitrogens is 10. The predicted octanol–water partition coefficient (Wildman–Crippen LogP) is 8.68. The van der Waals surface area contributed by atoms with Crippen molar-refractivity contribution in [2.24, 2.45) is 0 Å². The number of amides is 1. The molecule has 64 heavy (non-hydrogen) atoms. The second-order valence-corrected chi connectivity index (χ2v) is 15.4. The highest BCUT2D eigenvalue weighted by Crippen LogP contribution is 2.31. The fourth-order valence-electron chi connectivity index (χ4n) is 5.81. The lowest BCUT2D eigenvalue weighted by Crippen LogP contribution is -2.30. The zero-order chi connectivity index (χ0) is 45.0. The zero-order valence-electron chi connectivity index (χ0n) is 34.2. The molecule has 1 aliphatic heterocycles. The average Bonchev–Trinajstić information content (AvgIpc) is 3.48. The van der Waals surface area contributed by atoms with Crippen LogP contribution in [0.2, 0.25) is 0 Å². The van der Waals surface area contributed by atoms with E-state index in [1.165, 1.54) is 17.0 Å². The molecule has 21 heteroatoms. The molecular weight excluding hydrogens is 847 g/mol. The van der Waals surface area contributed by atoms with Gasteiger partial charge < -0.3 is 15.2 Å². The maximum absolute atomic E-state index is 13.0. The molecule has 6 aromatic rings. The first-order valence-corrected chi connectivity index (χ1v) is 18.9. The number of carbonyl (C=O) groups is 1. The second-order valence-electron chi connectivity index (χ2n) is 15.4. The number of halogens is 6. The van der Waals surface area contributed by atoms with E-state index in [1.807, 2.05) is 32.0 Å². The second kappa shape index (κ2) is 19.7. The molecule has 0 saturated carbocycles. The molecule has 0 atom stereocenters. The summed E-state index contributed by atoms with van der Waals surface area (Å²) in [6, 6.07) is 15.5. The molecule has 340 valence electrons. The number of cyclic esters (lactones) is 1. The standard InChI is InChI=1S/C21H19F3N6O2.C20H21F3N6O.2CH4/c1-12-5-4-6-14(26-12)17-27-16(10-13-7-8-25-15(9-13)21(22,23)24)28-18(29-17)30-11-20(2,3)32-19(30)31;1-12-5-4-6-14(26-12)17-27-16(28-18(29-17)25-11-19(2,3)30)10-13-7-8-24-15(9-13)20(21,22)23;;/h4-9H,10-11H2,1-3H3;4-9,30H,10-11H2,1-3H3,(H,25,27,28,29);2*1H4. The van der Waals surface area contributed by atoms with Gasteiger partial charge in [-0.3, -0.25) is 9.97 Å². The Hall–Kier alpha value is -6.77. The highest BCUT2D eigenvalue weighted by Gasteiger charge is 2.40. The smallest absolute Gasteiger partial charge is 0.433 e. The van der Waals surface area contributed by atoms with Crippen LogP contribution in [0.3, 0.4) is 0 Å². The van der Waals surface area contributed by atoms with E-state index < -0.39 is 41.0 Å². The molecule has 0 unspecified atom stereocenters. The highest BCUT2D eigenvalue weighted by molar-refractivity contribution is 5.88. The monoisotopic (exact) mass is 894 g/mol. The summed E-state index contributed by atoms with van der Waals surface area (Å²) in [5, 5.41) is 12.9. The van der Waals surface area contributed by atoms with Crippen molar-refractivity contribution in [3.8, 4) is 23.0 Å². The van der Waals surface area contributed by atoms with E-state index in [0.717, 1.165) is 35.9 Å². The van der Waals surface area contributed by atoms with Crippen LogP contribution in [0.4, 0.5) is 43.0 Å². The van der Waals surface area contributed by atoms with Gasteiger partial charge in [-0.05, 0) is 101 Å². The Morgan fingerprint density at radius 2 is 1.19 bits per heavy atom. The fraction of sp³-hybridized carbons (Fsp3) is 0.372. The minimum Gasteiger partial charge on any atom is -0.441 e. The lowest BCUT2D eigenvalue weighted by Gasteiger charge is -2.18. The molecular formula is C43H48F6N12O3. The lowest BCUT2D eigenvalue weighted by atomic mass is 10.1. The Balaban J connectivity index is 0.000000273. The van der Waals surface area contributed by atoms with Crippen LogP contribution < -0.4 is 10.2 Å². The number of rotatable bonds is 10. The van der Waals surface area contributed by atoms with E-state index in [9.17, 15) is 36.2 Å². The van der Waals surface area contributed by atoms with Crippen LogP contribution in [0, 0.1) is 13.8 Å². The van der Waals surface area contributed by atoms with E-state index in [-0.39, 0.29) is 76.0 Å². The van der Waals surface area contributed by atoms with Crippen LogP contribution in [0.1, 0.15) is 88.1 Å². The molecule has 0 radical (unpaired) electrons. The summed E-state index contributed by atoms with van der Waals surface area (Å²) in [5.74, 6) is 1.19. The summed E-state index contributed by atoms with van der Waals surface area (Å²) < 4.78 is 83.3. The number of hydrogen-bond acceptors (Lipinski definition) is 14. The van der Waals surface area contributed by atoms with Gasteiger partial charge in [0, 0.05) is 43.2 Å². The minimum atomic E-state index is -4.57. The van der Waals surface area contributed by atoms with Gasteiger partial charge in [0.05, 0.1) is 12.1 Å². The van der Waals surface area contributed by atoms with Crippen molar-refractivity contribution in [3.05, 3.63) is 119 Å². The van der Waals surface area contributed by atoms with Gasteiger partial charge in [0.2, 0.25) is 11.9 Å². The summed E-state index contributed by atoms with van der Waals surface area (Å²) in [4.78, 5) is 55.4. The van der Waals surface area contributed by atoms with Crippen molar-refractivity contribution in [1.82, 2.24) is 49.8 Å². The quantitative estimate of drug-likeness (QED) is 0.124. The van der Waals surface area contributed by atoms with Gasteiger partial charge >= 0.3 is 18.4 Å². The summed E-state index contributed by atoms with van der Waals surface area (Å²) in [6.07, 6.45) is -7.50. The number of anilines is 2. The maximum Gasteiger partial charge on any atom is 0.433 e. The van der Waals surface area contributed by atoms with Crippen LogP contribution in [0.25, 0.3) is 23.0 Å². The molecule has 0 aliphatic carbocycles. The molecule has 0 bridgehead atoms. The van der Waals surface area contributed by atoms with Gasteiger partial charge in [-0.2, -0.15) is 46.3 Å². The van der Waals surface area contributed by atoms with Gasteiger partial charge in [-0.25, -0.2) is 29.6 Å². The average molecular weight is 895 g/mol. The lowest BCUT2D eigenvalue weighted by molar-refractivity contribution is -0.142. The van der Waals surface area contributed by atoms with Gasteiger partial charge in [0.25, 0.3) is 0 Å². The first-order valence-electron chi connectivity index (χ1n) is 18.9. The SMILES string of the molecule is C.C.Cc1cccc(-c2nc(Cc3ccnc(C(F)(F)F)c3)nc(N3CC(C)(C)OC3=O)n2)n1.Cc1cccc(-c2nc(Cc3ccnc(C(F)(F)F)c3)nc(NCC(C)(C)O)n2)n1. The zero-order valence-corrected chi connectivity index (χ0v) is 34.2. The topological polar surface area (TPSA) is 191 Å². The molecule has 1 aliphatic rings. The molecule has 1 fully saturated rings. The molecule has 1 amide bonds. The normalized spacial score (nSPS) is 13.5. The van der Waals surface area contributed by atoms with Crippen molar-refractivity contribution in [3.63, 3.8) is 0 Å². The first-order chi connectivity index (χ1) is 29.0. The minimum absolute atomic E-state index is 0. The van der Waals surface area contributed by atoms with Gasteiger partial charge in [0.15, 0.2) is 11.6 Å². The van der Waals surface area contributed by atoms with Gasteiger partial charge in [-0.1, -0.05) is 27.0 Å². The van der Waals surface area contributed by atoms with Crippen LogP contribution in [-0.2, 0) is 29.9 Å². The van der Waals surface area contributed by atoms with Gasteiger partial charge in [0.1, 0.15) is 40.0 Å². The first kappa shape index (κ1) is 49.9. The third kappa shape index (κ3) is 13.6. The number of ether oxygens (including phenoxy) is 1. The molecule has 0 aromatic carbocycles. The van der Waals surface area contributed by atoms with E-state index in [4.69, 9.17) is 4.74 Å². The van der Waals surface area contributed by atoms with Crippen molar-refractivity contribution >= 4 is 18.0 Å². The van der Waals surface area contributed by atoms with Gasteiger partial charge in [-0.15, -0.1) is 0 Å². The van der Waals surface area contributed by atoms with E-state index in [0.29, 0.717) is 22.5 Å². The van der Waals surface area contributed by atoms with Crippen LogP contribution in [0.5, 0.6) is 0 Å². The Kier molecular flexibility index (Phi) is 15.4. The Morgan fingerprint density at radius 1 is 0.703 bits per heavy atom. The number of alkyl halides is 6. The number of pyridine rings is 4. The summed E-state index contributed by atoms with van der Waals surface area (Å²) in [5.41, 5.74) is -0.592. The fourth-order valence-corrected chi connectivity index (χ4v) is 5.81. The number of aliphatic hydroxyl groups is 1. The third-order valence-electron chi connectivity index (χ3n) is 8.58. The molecule has 7 rings (SSSR count). The highest BCUT2D eigenvalue weighted by atomic mass is 19.4.